The van der Waals surface area contributed by atoms with Gasteiger partial charge in [-0.1, -0.05) is 32.0 Å². The van der Waals surface area contributed by atoms with Crippen molar-refractivity contribution in [1.29, 1.82) is 0 Å². The molecule has 0 spiro atoms. The monoisotopic (exact) mass is 262 g/mol. The number of rotatable bonds is 8. The van der Waals surface area contributed by atoms with Crippen LogP contribution in [0.4, 0.5) is 0 Å². The fourth-order valence-electron chi connectivity index (χ4n) is 2.19. The second-order valence-electron chi connectivity index (χ2n) is 4.63. The number of hydrogen-bond donors (Lipinski definition) is 0. The van der Waals surface area contributed by atoms with Gasteiger partial charge in [0.05, 0.1) is 0 Å². The summed E-state index contributed by atoms with van der Waals surface area (Å²) >= 11 is 0. The molecule has 106 valence electrons. The SMILES string of the molecule is CCN(CC)CCCN(CC)C(=O)c1ccccc1. The zero-order valence-corrected chi connectivity index (χ0v) is 12.4. The minimum Gasteiger partial charge on any atom is -0.339 e. The molecule has 1 aromatic carbocycles. The van der Waals surface area contributed by atoms with Gasteiger partial charge in [0, 0.05) is 18.7 Å². The summed E-state index contributed by atoms with van der Waals surface area (Å²) in [6.45, 7) is 11.2. The molecule has 0 N–H and O–H groups in total. The predicted molar refractivity (Wildman–Crippen MR) is 80.4 cm³/mol. The molecule has 0 unspecified atom stereocenters. The van der Waals surface area contributed by atoms with Crippen molar-refractivity contribution in [3.63, 3.8) is 0 Å². The fraction of sp³-hybridized carbons (Fsp3) is 0.562. The van der Waals surface area contributed by atoms with E-state index in [9.17, 15) is 4.79 Å². The second kappa shape index (κ2) is 8.70. The first kappa shape index (κ1) is 15.7. The molecule has 0 bridgehead atoms. The minimum atomic E-state index is 0.141. The van der Waals surface area contributed by atoms with E-state index in [1.807, 2.05) is 42.2 Å². The summed E-state index contributed by atoms with van der Waals surface area (Å²) in [6.07, 6.45) is 1.04. The summed E-state index contributed by atoms with van der Waals surface area (Å²) in [4.78, 5) is 16.6. The van der Waals surface area contributed by atoms with Crippen molar-refractivity contribution in [3.05, 3.63) is 35.9 Å². The van der Waals surface area contributed by atoms with Crippen LogP contribution in [0, 0.1) is 0 Å². The van der Waals surface area contributed by atoms with Crippen LogP contribution in [0.1, 0.15) is 37.6 Å². The molecule has 0 fully saturated rings. The van der Waals surface area contributed by atoms with Gasteiger partial charge in [-0.05, 0) is 45.1 Å². The molecule has 0 saturated heterocycles. The average Bonchev–Trinajstić information content (AvgIpc) is 2.48. The van der Waals surface area contributed by atoms with Crippen molar-refractivity contribution in [3.8, 4) is 0 Å². The number of amides is 1. The highest BCUT2D eigenvalue weighted by atomic mass is 16.2. The van der Waals surface area contributed by atoms with E-state index < -0.39 is 0 Å². The summed E-state index contributed by atoms with van der Waals surface area (Å²) in [5, 5.41) is 0. The van der Waals surface area contributed by atoms with E-state index in [1.54, 1.807) is 0 Å². The van der Waals surface area contributed by atoms with Gasteiger partial charge < -0.3 is 9.80 Å². The van der Waals surface area contributed by atoms with E-state index in [1.165, 1.54) is 0 Å². The minimum absolute atomic E-state index is 0.141. The van der Waals surface area contributed by atoms with Crippen LogP contribution in [0.15, 0.2) is 30.3 Å². The van der Waals surface area contributed by atoms with Crippen LogP contribution in [0.2, 0.25) is 0 Å². The summed E-state index contributed by atoms with van der Waals surface area (Å²) in [7, 11) is 0. The first-order valence-corrected chi connectivity index (χ1v) is 7.29. The first-order chi connectivity index (χ1) is 9.22. The van der Waals surface area contributed by atoms with Gasteiger partial charge >= 0.3 is 0 Å². The summed E-state index contributed by atoms with van der Waals surface area (Å²) < 4.78 is 0. The molecule has 1 amide bonds. The molecular weight excluding hydrogens is 236 g/mol. The molecule has 0 aliphatic heterocycles. The maximum absolute atomic E-state index is 12.3. The Balaban J connectivity index is 2.47. The van der Waals surface area contributed by atoms with Gasteiger partial charge in [0.2, 0.25) is 0 Å². The normalized spacial score (nSPS) is 10.7. The zero-order valence-electron chi connectivity index (χ0n) is 12.4. The van der Waals surface area contributed by atoms with Crippen molar-refractivity contribution in [1.82, 2.24) is 9.80 Å². The van der Waals surface area contributed by atoms with Gasteiger partial charge in [0.15, 0.2) is 0 Å². The summed E-state index contributed by atoms with van der Waals surface area (Å²) in [5.74, 6) is 0.141. The number of nitrogens with zero attached hydrogens (tertiary/aromatic N) is 2. The van der Waals surface area contributed by atoms with E-state index in [2.05, 4.69) is 18.7 Å². The lowest BCUT2D eigenvalue weighted by atomic mass is 10.2. The third-order valence-corrected chi connectivity index (χ3v) is 3.49. The van der Waals surface area contributed by atoms with Crippen LogP contribution in [-0.4, -0.2) is 48.4 Å². The van der Waals surface area contributed by atoms with Crippen molar-refractivity contribution in [2.45, 2.75) is 27.2 Å². The van der Waals surface area contributed by atoms with Crippen LogP contribution in [0.3, 0.4) is 0 Å². The molecule has 0 radical (unpaired) electrons. The maximum Gasteiger partial charge on any atom is 0.253 e. The third kappa shape index (κ3) is 5.03. The Morgan fingerprint density at radius 3 is 2.11 bits per heavy atom. The van der Waals surface area contributed by atoms with E-state index in [0.717, 1.165) is 44.7 Å². The van der Waals surface area contributed by atoms with Crippen LogP contribution in [-0.2, 0) is 0 Å². The molecule has 0 aliphatic rings. The highest BCUT2D eigenvalue weighted by molar-refractivity contribution is 5.94. The standard InChI is InChI=1S/C16H26N2O/c1-4-17(5-2)13-10-14-18(6-3)16(19)15-11-8-7-9-12-15/h7-9,11-12H,4-6,10,13-14H2,1-3H3. The maximum atomic E-state index is 12.3. The molecule has 0 aliphatic carbocycles. The predicted octanol–water partition coefficient (Wildman–Crippen LogP) is 2.88. The Bertz CT molecular complexity index is 360. The van der Waals surface area contributed by atoms with Gasteiger partial charge in [-0.3, -0.25) is 4.79 Å². The Kier molecular flexibility index (Phi) is 7.19. The molecule has 3 nitrogen and oxygen atoms in total. The molecule has 19 heavy (non-hydrogen) atoms. The van der Waals surface area contributed by atoms with E-state index in [-0.39, 0.29) is 5.91 Å². The number of carbonyl (C=O) groups is 1. The topological polar surface area (TPSA) is 23.6 Å². The van der Waals surface area contributed by atoms with Crippen LogP contribution < -0.4 is 0 Å². The molecule has 0 atom stereocenters. The van der Waals surface area contributed by atoms with E-state index >= 15 is 0 Å². The zero-order chi connectivity index (χ0) is 14.1. The molecule has 0 saturated carbocycles. The van der Waals surface area contributed by atoms with Gasteiger partial charge in [-0.25, -0.2) is 0 Å². The van der Waals surface area contributed by atoms with Crippen molar-refractivity contribution in [2.75, 3.05) is 32.7 Å². The molecule has 0 aromatic heterocycles. The third-order valence-electron chi connectivity index (χ3n) is 3.49. The summed E-state index contributed by atoms with van der Waals surface area (Å²) in [5.41, 5.74) is 0.784. The Hall–Kier alpha value is -1.35. The molecule has 3 heteroatoms. The molecule has 1 aromatic rings. The van der Waals surface area contributed by atoms with Crippen LogP contribution >= 0.6 is 0 Å². The number of hydrogen-bond acceptors (Lipinski definition) is 2. The van der Waals surface area contributed by atoms with E-state index in [4.69, 9.17) is 0 Å². The van der Waals surface area contributed by atoms with Crippen LogP contribution in [0.5, 0.6) is 0 Å². The highest BCUT2D eigenvalue weighted by Gasteiger charge is 2.13. The molecule has 1 rings (SSSR count). The smallest absolute Gasteiger partial charge is 0.253 e. The van der Waals surface area contributed by atoms with Gasteiger partial charge in [0.25, 0.3) is 5.91 Å². The van der Waals surface area contributed by atoms with Crippen molar-refractivity contribution in [2.24, 2.45) is 0 Å². The fourth-order valence-corrected chi connectivity index (χ4v) is 2.19. The lowest BCUT2D eigenvalue weighted by molar-refractivity contribution is 0.0757. The number of carbonyl (C=O) groups excluding carboxylic acids is 1. The Morgan fingerprint density at radius 2 is 1.58 bits per heavy atom. The Morgan fingerprint density at radius 1 is 0.947 bits per heavy atom. The van der Waals surface area contributed by atoms with Gasteiger partial charge in [0.1, 0.15) is 0 Å². The van der Waals surface area contributed by atoms with Crippen molar-refractivity contribution < 1.29 is 4.79 Å². The van der Waals surface area contributed by atoms with Gasteiger partial charge in [-0.15, -0.1) is 0 Å². The average molecular weight is 262 g/mol. The molecule has 0 heterocycles. The lowest BCUT2D eigenvalue weighted by Crippen LogP contribution is -2.34. The Labute approximate surface area is 117 Å². The lowest BCUT2D eigenvalue weighted by Gasteiger charge is -2.23. The van der Waals surface area contributed by atoms with Crippen LogP contribution in [0.25, 0.3) is 0 Å². The summed E-state index contributed by atoms with van der Waals surface area (Å²) in [6, 6.07) is 9.53. The first-order valence-electron chi connectivity index (χ1n) is 7.29. The highest BCUT2D eigenvalue weighted by Crippen LogP contribution is 2.05. The second-order valence-corrected chi connectivity index (χ2v) is 4.63. The van der Waals surface area contributed by atoms with E-state index in [0.29, 0.717) is 0 Å². The number of benzene rings is 1. The van der Waals surface area contributed by atoms with Gasteiger partial charge in [-0.2, -0.15) is 0 Å². The van der Waals surface area contributed by atoms with Crippen molar-refractivity contribution >= 4 is 5.91 Å². The largest absolute Gasteiger partial charge is 0.339 e. The molecular formula is C16H26N2O. The quantitative estimate of drug-likeness (QED) is 0.719.